The SMILES string of the molecule is NC(=O)c1cccc(N)c1OCc1ccccc1Br. The van der Waals surface area contributed by atoms with Crippen molar-refractivity contribution in [3.8, 4) is 5.75 Å². The van der Waals surface area contributed by atoms with Crippen LogP contribution in [0.15, 0.2) is 46.9 Å². The molecule has 2 aromatic rings. The maximum Gasteiger partial charge on any atom is 0.252 e. The molecule has 0 aromatic heterocycles. The molecular formula is C14H13BrN2O2. The monoisotopic (exact) mass is 320 g/mol. The molecule has 4 nitrogen and oxygen atoms in total. The summed E-state index contributed by atoms with van der Waals surface area (Å²) in [6, 6.07) is 12.6. The number of hydrogen-bond acceptors (Lipinski definition) is 3. The lowest BCUT2D eigenvalue weighted by atomic mass is 10.1. The van der Waals surface area contributed by atoms with Crippen molar-refractivity contribution in [2.75, 3.05) is 5.73 Å². The van der Waals surface area contributed by atoms with Crippen LogP contribution in [0.5, 0.6) is 5.75 Å². The molecule has 0 radical (unpaired) electrons. The van der Waals surface area contributed by atoms with E-state index in [9.17, 15) is 4.79 Å². The number of rotatable bonds is 4. The van der Waals surface area contributed by atoms with Gasteiger partial charge in [0.15, 0.2) is 5.75 Å². The number of nitrogens with two attached hydrogens (primary N) is 2. The number of primary amides is 1. The van der Waals surface area contributed by atoms with E-state index in [0.717, 1.165) is 10.0 Å². The van der Waals surface area contributed by atoms with Crippen LogP contribution in [-0.4, -0.2) is 5.91 Å². The molecule has 0 spiro atoms. The van der Waals surface area contributed by atoms with Gasteiger partial charge in [-0.3, -0.25) is 4.79 Å². The Morgan fingerprint density at radius 1 is 1.16 bits per heavy atom. The normalized spacial score (nSPS) is 10.2. The average Bonchev–Trinajstić information content (AvgIpc) is 2.38. The summed E-state index contributed by atoms with van der Waals surface area (Å²) in [7, 11) is 0. The highest BCUT2D eigenvalue weighted by molar-refractivity contribution is 9.10. The van der Waals surface area contributed by atoms with Crippen molar-refractivity contribution in [3.63, 3.8) is 0 Å². The molecule has 0 aliphatic rings. The lowest BCUT2D eigenvalue weighted by Crippen LogP contribution is -2.14. The third kappa shape index (κ3) is 3.06. The molecule has 2 rings (SSSR count). The minimum absolute atomic E-state index is 0.284. The van der Waals surface area contributed by atoms with Gasteiger partial charge in [-0.05, 0) is 18.2 Å². The molecule has 0 saturated heterocycles. The number of carbonyl (C=O) groups is 1. The van der Waals surface area contributed by atoms with E-state index in [1.54, 1.807) is 18.2 Å². The smallest absolute Gasteiger partial charge is 0.252 e. The Morgan fingerprint density at radius 3 is 2.58 bits per heavy atom. The Bertz CT molecular complexity index is 614. The third-order valence-corrected chi connectivity index (χ3v) is 3.41. The first-order valence-corrected chi connectivity index (χ1v) is 6.43. The van der Waals surface area contributed by atoms with Crippen molar-refractivity contribution in [2.24, 2.45) is 5.73 Å². The molecule has 0 bridgehead atoms. The summed E-state index contributed by atoms with van der Waals surface area (Å²) in [5, 5.41) is 0. The highest BCUT2D eigenvalue weighted by Crippen LogP contribution is 2.28. The number of ether oxygens (including phenoxy) is 1. The molecular weight excluding hydrogens is 308 g/mol. The predicted molar refractivity (Wildman–Crippen MR) is 77.8 cm³/mol. The summed E-state index contributed by atoms with van der Waals surface area (Å²) < 4.78 is 6.58. The molecule has 1 amide bonds. The number of carbonyl (C=O) groups excluding carboxylic acids is 1. The second-order valence-corrected chi connectivity index (χ2v) is 4.82. The van der Waals surface area contributed by atoms with Crippen molar-refractivity contribution in [1.29, 1.82) is 0 Å². The molecule has 2 aromatic carbocycles. The summed E-state index contributed by atoms with van der Waals surface area (Å²) in [6.07, 6.45) is 0. The molecule has 5 heteroatoms. The van der Waals surface area contributed by atoms with Gasteiger partial charge in [-0.15, -0.1) is 0 Å². The molecule has 0 unspecified atom stereocenters. The first-order chi connectivity index (χ1) is 9.09. The molecule has 4 N–H and O–H groups in total. The van der Waals surface area contributed by atoms with Crippen molar-refractivity contribution >= 4 is 27.5 Å². The van der Waals surface area contributed by atoms with Gasteiger partial charge < -0.3 is 16.2 Å². The maximum absolute atomic E-state index is 11.3. The fraction of sp³-hybridized carbons (Fsp3) is 0.0714. The van der Waals surface area contributed by atoms with Gasteiger partial charge in [-0.1, -0.05) is 40.2 Å². The van der Waals surface area contributed by atoms with Crippen molar-refractivity contribution < 1.29 is 9.53 Å². The standard InChI is InChI=1S/C14H13BrN2O2/c15-11-6-2-1-4-9(11)8-19-13-10(14(17)18)5-3-7-12(13)16/h1-7H,8,16H2,(H2,17,18). The Labute approximate surface area is 119 Å². The topological polar surface area (TPSA) is 78.3 Å². The number of nitrogen functional groups attached to an aromatic ring is 1. The third-order valence-electron chi connectivity index (χ3n) is 2.64. The fourth-order valence-electron chi connectivity index (χ4n) is 1.68. The zero-order chi connectivity index (χ0) is 13.8. The number of hydrogen-bond donors (Lipinski definition) is 2. The van der Waals surface area contributed by atoms with Crippen LogP contribution in [0, 0.1) is 0 Å². The van der Waals surface area contributed by atoms with E-state index >= 15 is 0 Å². The number of benzene rings is 2. The van der Waals surface area contributed by atoms with E-state index in [2.05, 4.69) is 15.9 Å². The minimum Gasteiger partial charge on any atom is -0.486 e. The van der Waals surface area contributed by atoms with Crippen LogP contribution in [0.1, 0.15) is 15.9 Å². The number of amides is 1. The van der Waals surface area contributed by atoms with E-state index in [0.29, 0.717) is 18.0 Å². The second kappa shape index (κ2) is 5.75. The van der Waals surface area contributed by atoms with Gasteiger partial charge in [-0.25, -0.2) is 0 Å². The van der Waals surface area contributed by atoms with Crippen molar-refractivity contribution in [1.82, 2.24) is 0 Å². The summed E-state index contributed by atoms with van der Waals surface area (Å²) in [5.74, 6) is -0.236. The van der Waals surface area contributed by atoms with E-state index in [-0.39, 0.29) is 5.56 Å². The summed E-state index contributed by atoms with van der Waals surface area (Å²) in [5.41, 5.74) is 12.8. The highest BCUT2D eigenvalue weighted by atomic mass is 79.9. The van der Waals surface area contributed by atoms with Gasteiger partial charge in [-0.2, -0.15) is 0 Å². The van der Waals surface area contributed by atoms with Crippen molar-refractivity contribution in [2.45, 2.75) is 6.61 Å². The largest absolute Gasteiger partial charge is 0.486 e. The van der Waals surface area contributed by atoms with Crippen LogP contribution in [0.3, 0.4) is 0 Å². The van der Waals surface area contributed by atoms with Gasteiger partial charge in [0.25, 0.3) is 5.91 Å². The second-order valence-electron chi connectivity index (χ2n) is 3.97. The van der Waals surface area contributed by atoms with E-state index in [1.165, 1.54) is 0 Å². The van der Waals surface area contributed by atoms with Gasteiger partial charge in [0.1, 0.15) is 6.61 Å². The Kier molecular flexibility index (Phi) is 4.06. The van der Waals surface area contributed by atoms with Crippen LogP contribution in [0.4, 0.5) is 5.69 Å². The number of para-hydroxylation sites is 1. The average molecular weight is 321 g/mol. The Morgan fingerprint density at radius 2 is 1.89 bits per heavy atom. The summed E-state index contributed by atoms with van der Waals surface area (Å²) >= 11 is 3.43. The van der Waals surface area contributed by atoms with Crippen LogP contribution in [-0.2, 0) is 6.61 Å². The predicted octanol–water partition coefficient (Wildman–Crippen LogP) is 2.71. The molecule has 0 heterocycles. The summed E-state index contributed by atoms with van der Waals surface area (Å²) in [4.78, 5) is 11.3. The zero-order valence-corrected chi connectivity index (χ0v) is 11.7. The Balaban J connectivity index is 2.25. The molecule has 98 valence electrons. The Hall–Kier alpha value is -2.01. The quantitative estimate of drug-likeness (QED) is 0.850. The maximum atomic E-state index is 11.3. The lowest BCUT2D eigenvalue weighted by molar-refractivity contribution is 0.0996. The van der Waals surface area contributed by atoms with Crippen molar-refractivity contribution in [3.05, 3.63) is 58.1 Å². The molecule has 0 aliphatic carbocycles. The van der Waals surface area contributed by atoms with Gasteiger partial charge >= 0.3 is 0 Å². The molecule has 0 fully saturated rings. The molecule has 0 aliphatic heterocycles. The van der Waals surface area contributed by atoms with E-state index in [1.807, 2.05) is 24.3 Å². The number of halogens is 1. The van der Waals surface area contributed by atoms with Gasteiger partial charge in [0, 0.05) is 10.0 Å². The lowest BCUT2D eigenvalue weighted by Gasteiger charge is -2.12. The summed E-state index contributed by atoms with van der Waals surface area (Å²) in [6.45, 7) is 0.302. The zero-order valence-electron chi connectivity index (χ0n) is 10.1. The van der Waals surface area contributed by atoms with Crippen LogP contribution in [0.25, 0.3) is 0 Å². The highest BCUT2D eigenvalue weighted by Gasteiger charge is 2.12. The molecule has 0 saturated carbocycles. The number of anilines is 1. The minimum atomic E-state index is -0.561. The fourth-order valence-corrected chi connectivity index (χ4v) is 2.07. The van der Waals surface area contributed by atoms with E-state index in [4.69, 9.17) is 16.2 Å². The molecule has 0 atom stereocenters. The van der Waals surface area contributed by atoms with Crippen LogP contribution >= 0.6 is 15.9 Å². The van der Waals surface area contributed by atoms with E-state index < -0.39 is 5.91 Å². The molecule has 19 heavy (non-hydrogen) atoms. The first kappa shape index (κ1) is 13.4. The van der Waals surface area contributed by atoms with Gasteiger partial charge in [0.2, 0.25) is 0 Å². The van der Waals surface area contributed by atoms with Crippen LogP contribution in [0.2, 0.25) is 0 Å². The van der Waals surface area contributed by atoms with Gasteiger partial charge in [0.05, 0.1) is 11.3 Å². The first-order valence-electron chi connectivity index (χ1n) is 5.64. The van der Waals surface area contributed by atoms with Crippen LogP contribution < -0.4 is 16.2 Å².